The van der Waals surface area contributed by atoms with Gasteiger partial charge in [0.15, 0.2) is 0 Å². The van der Waals surface area contributed by atoms with E-state index in [1.54, 1.807) is 0 Å². The Labute approximate surface area is 162 Å². The van der Waals surface area contributed by atoms with E-state index in [0.717, 1.165) is 51.7 Å². The summed E-state index contributed by atoms with van der Waals surface area (Å²) >= 11 is 1.95. The Hall–Kier alpha value is -1.33. The molecule has 0 atom stereocenters. The summed E-state index contributed by atoms with van der Waals surface area (Å²) in [5.74, 6) is 1.13. The van der Waals surface area contributed by atoms with Crippen LogP contribution in [0.15, 0.2) is 65.6 Å². The lowest BCUT2D eigenvalue weighted by molar-refractivity contribution is 0.0361. The number of ether oxygens (including phenoxy) is 1. The Morgan fingerprint density at radius 2 is 1.58 bits per heavy atom. The normalized spacial score (nSPS) is 15.4. The molecule has 0 aliphatic carbocycles. The van der Waals surface area contributed by atoms with Gasteiger partial charge in [-0.2, -0.15) is 0 Å². The minimum Gasteiger partial charge on any atom is -0.379 e. The first-order valence-corrected chi connectivity index (χ1v) is 10.6. The summed E-state index contributed by atoms with van der Waals surface area (Å²) in [7, 11) is 0. The molecule has 3 nitrogen and oxygen atoms in total. The highest BCUT2D eigenvalue weighted by molar-refractivity contribution is 7.99. The fourth-order valence-corrected chi connectivity index (χ4v) is 4.20. The zero-order chi connectivity index (χ0) is 17.9. The van der Waals surface area contributed by atoms with E-state index in [0.29, 0.717) is 0 Å². The molecule has 0 radical (unpaired) electrons. The van der Waals surface area contributed by atoms with Crippen LogP contribution >= 0.6 is 11.8 Å². The molecule has 0 N–H and O–H groups in total. The van der Waals surface area contributed by atoms with E-state index >= 15 is 0 Å². The van der Waals surface area contributed by atoms with Crippen molar-refractivity contribution in [1.82, 2.24) is 9.80 Å². The molecular formula is C22H30N2OS. The van der Waals surface area contributed by atoms with Gasteiger partial charge in [-0.15, -0.1) is 11.8 Å². The molecule has 0 aromatic heterocycles. The summed E-state index contributed by atoms with van der Waals surface area (Å²) in [5.41, 5.74) is 1.41. The zero-order valence-electron chi connectivity index (χ0n) is 15.6. The lowest BCUT2D eigenvalue weighted by Crippen LogP contribution is -2.38. The lowest BCUT2D eigenvalue weighted by Gasteiger charge is -2.28. The topological polar surface area (TPSA) is 15.7 Å². The molecule has 1 saturated heterocycles. The number of nitrogens with zero attached hydrogens (tertiary/aromatic N) is 2. The van der Waals surface area contributed by atoms with Crippen LogP contribution in [0.3, 0.4) is 0 Å². The van der Waals surface area contributed by atoms with Gasteiger partial charge in [0.05, 0.1) is 13.2 Å². The van der Waals surface area contributed by atoms with Gasteiger partial charge in [-0.05, 0) is 37.2 Å². The van der Waals surface area contributed by atoms with Crippen molar-refractivity contribution in [3.8, 4) is 0 Å². The van der Waals surface area contributed by atoms with E-state index in [2.05, 4.69) is 70.5 Å². The van der Waals surface area contributed by atoms with Crippen LogP contribution in [0.4, 0.5) is 0 Å². The van der Waals surface area contributed by atoms with E-state index in [9.17, 15) is 0 Å². The highest BCUT2D eigenvalue weighted by Crippen LogP contribution is 2.17. The first-order valence-electron chi connectivity index (χ1n) is 9.64. The summed E-state index contributed by atoms with van der Waals surface area (Å²) in [6.45, 7) is 8.45. The van der Waals surface area contributed by atoms with Crippen molar-refractivity contribution in [3.63, 3.8) is 0 Å². The van der Waals surface area contributed by atoms with Crippen LogP contribution in [0.5, 0.6) is 0 Å². The van der Waals surface area contributed by atoms with E-state index in [-0.39, 0.29) is 0 Å². The van der Waals surface area contributed by atoms with Crippen LogP contribution in [0.1, 0.15) is 12.0 Å². The van der Waals surface area contributed by atoms with E-state index in [1.807, 2.05) is 11.8 Å². The molecule has 140 valence electrons. The number of hydrogen-bond donors (Lipinski definition) is 0. The molecular weight excluding hydrogens is 340 g/mol. The third-order valence-electron chi connectivity index (χ3n) is 4.72. The minimum atomic E-state index is 0.890. The van der Waals surface area contributed by atoms with Crippen molar-refractivity contribution in [3.05, 3.63) is 66.2 Å². The largest absolute Gasteiger partial charge is 0.379 e. The van der Waals surface area contributed by atoms with Gasteiger partial charge in [-0.1, -0.05) is 48.5 Å². The molecule has 3 rings (SSSR count). The first kappa shape index (κ1) is 19.4. The van der Waals surface area contributed by atoms with E-state index < -0.39 is 0 Å². The molecule has 0 amide bonds. The predicted molar refractivity (Wildman–Crippen MR) is 111 cm³/mol. The number of morpholine rings is 1. The molecule has 1 fully saturated rings. The zero-order valence-corrected chi connectivity index (χ0v) is 16.4. The average molecular weight is 371 g/mol. The van der Waals surface area contributed by atoms with E-state index in [1.165, 1.54) is 23.4 Å². The van der Waals surface area contributed by atoms with Crippen molar-refractivity contribution in [1.29, 1.82) is 0 Å². The third kappa shape index (κ3) is 7.12. The summed E-state index contributed by atoms with van der Waals surface area (Å²) in [4.78, 5) is 6.50. The molecule has 0 unspecified atom stereocenters. The summed E-state index contributed by atoms with van der Waals surface area (Å²) in [6.07, 6.45) is 1.23. The monoisotopic (exact) mass is 370 g/mol. The highest BCUT2D eigenvalue weighted by Gasteiger charge is 2.11. The highest BCUT2D eigenvalue weighted by atomic mass is 32.2. The lowest BCUT2D eigenvalue weighted by atomic mass is 10.2. The van der Waals surface area contributed by atoms with Gasteiger partial charge in [0.25, 0.3) is 0 Å². The van der Waals surface area contributed by atoms with Crippen molar-refractivity contribution < 1.29 is 4.74 Å². The Morgan fingerprint density at radius 3 is 2.31 bits per heavy atom. The number of benzene rings is 2. The van der Waals surface area contributed by atoms with Crippen LogP contribution in [-0.4, -0.2) is 61.5 Å². The Balaban J connectivity index is 1.45. The predicted octanol–water partition coefficient (Wildman–Crippen LogP) is 4.00. The van der Waals surface area contributed by atoms with Crippen LogP contribution in [0.25, 0.3) is 0 Å². The van der Waals surface area contributed by atoms with Crippen LogP contribution in [0.2, 0.25) is 0 Å². The molecule has 4 heteroatoms. The van der Waals surface area contributed by atoms with Crippen LogP contribution < -0.4 is 0 Å². The second-order valence-corrected chi connectivity index (χ2v) is 7.90. The number of rotatable bonds is 10. The maximum absolute atomic E-state index is 5.45. The smallest absolute Gasteiger partial charge is 0.0594 e. The molecule has 1 heterocycles. The molecule has 26 heavy (non-hydrogen) atoms. The van der Waals surface area contributed by atoms with Gasteiger partial charge in [0.2, 0.25) is 0 Å². The van der Waals surface area contributed by atoms with Crippen molar-refractivity contribution in [2.24, 2.45) is 0 Å². The van der Waals surface area contributed by atoms with Gasteiger partial charge >= 0.3 is 0 Å². The average Bonchev–Trinajstić information content (AvgIpc) is 2.70. The molecule has 0 saturated carbocycles. The minimum absolute atomic E-state index is 0.890. The third-order valence-corrected chi connectivity index (χ3v) is 5.71. The molecule has 2 aromatic carbocycles. The number of hydrogen-bond acceptors (Lipinski definition) is 4. The van der Waals surface area contributed by atoms with Gasteiger partial charge in [0, 0.05) is 36.8 Å². The molecule has 1 aliphatic rings. The SMILES string of the molecule is c1ccc(CN(CCCN2CCOCC2)CCSc2ccccc2)cc1. The second-order valence-electron chi connectivity index (χ2n) is 6.73. The Kier molecular flexibility index (Phi) is 8.52. The molecule has 2 aromatic rings. The van der Waals surface area contributed by atoms with Gasteiger partial charge in [-0.25, -0.2) is 0 Å². The maximum atomic E-state index is 5.45. The first-order chi connectivity index (χ1) is 12.9. The van der Waals surface area contributed by atoms with E-state index in [4.69, 9.17) is 4.74 Å². The summed E-state index contributed by atoms with van der Waals surface area (Å²) in [6, 6.07) is 21.6. The fourth-order valence-electron chi connectivity index (χ4n) is 3.26. The number of thioether (sulfide) groups is 1. The van der Waals surface area contributed by atoms with Gasteiger partial charge in [0.1, 0.15) is 0 Å². The second kappa shape index (κ2) is 11.4. The quantitative estimate of drug-likeness (QED) is 0.587. The molecule has 1 aliphatic heterocycles. The molecule has 0 bridgehead atoms. The van der Waals surface area contributed by atoms with Gasteiger partial charge < -0.3 is 4.74 Å². The maximum Gasteiger partial charge on any atom is 0.0594 e. The van der Waals surface area contributed by atoms with Crippen LogP contribution in [-0.2, 0) is 11.3 Å². The van der Waals surface area contributed by atoms with Crippen molar-refractivity contribution in [2.75, 3.05) is 51.7 Å². The fraction of sp³-hybridized carbons (Fsp3) is 0.455. The Morgan fingerprint density at radius 1 is 0.885 bits per heavy atom. The van der Waals surface area contributed by atoms with Crippen molar-refractivity contribution >= 4 is 11.8 Å². The standard InChI is InChI=1S/C22H30N2OS/c1-3-8-21(9-4-1)20-24(13-7-12-23-14-17-25-18-15-23)16-19-26-22-10-5-2-6-11-22/h1-6,8-11H,7,12-20H2. The summed E-state index contributed by atoms with van der Waals surface area (Å²) in [5, 5.41) is 0. The summed E-state index contributed by atoms with van der Waals surface area (Å²) < 4.78 is 5.45. The van der Waals surface area contributed by atoms with Gasteiger partial charge in [-0.3, -0.25) is 9.80 Å². The van der Waals surface area contributed by atoms with Crippen LogP contribution in [0, 0.1) is 0 Å². The Bertz CT molecular complexity index is 602. The molecule has 0 spiro atoms. The van der Waals surface area contributed by atoms with Crippen molar-refractivity contribution in [2.45, 2.75) is 17.9 Å².